The Balaban J connectivity index is 1.42. The van der Waals surface area contributed by atoms with Crippen molar-refractivity contribution in [2.75, 3.05) is 11.4 Å². The fourth-order valence-electron chi connectivity index (χ4n) is 4.12. The Hall–Kier alpha value is -3.20. The number of hydrazine groups is 1. The first-order valence-electron chi connectivity index (χ1n) is 9.90. The number of nitrogens with zero attached hydrogens (tertiary/aromatic N) is 2. The average molecular weight is 485 g/mol. The zero-order valence-corrected chi connectivity index (χ0v) is 18.4. The highest BCUT2D eigenvalue weighted by molar-refractivity contribution is 9.10. The van der Waals surface area contributed by atoms with Crippen molar-refractivity contribution in [3.8, 4) is 0 Å². The average Bonchev–Trinajstić information content (AvgIpc) is 3.07. The van der Waals surface area contributed by atoms with Crippen LogP contribution < -0.4 is 15.8 Å². The minimum absolute atomic E-state index is 0.0217. The van der Waals surface area contributed by atoms with E-state index in [1.807, 2.05) is 6.92 Å². The summed E-state index contributed by atoms with van der Waals surface area (Å²) in [4.78, 5) is 53.4. The van der Waals surface area contributed by atoms with E-state index in [1.54, 1.807) is 58.3 Å². The van der Waals surface area contributed by atoms with Gasteiger partial charge in [-0.3, -0.25) is 34.9 Å². The van der Waals surface area contributed by atoms with E-state index in [4.69, 9.17) is 0 Å². The minimum atomic E-state index is -0.816. The van der Waals surface area contributed by atoms with Gasteiger partial charge in [-0.2, -0.15) is 0 Å². The number of hydrogen-bond acceptors (Lipinski definition) is 4. The lowest BCUT2D eigenvalue weighted by molar-refractivity contribution is -0.122. The van der Waals surface area contributed by atoms with Crippen LogP contribution in [0.5, 0.6) is 0 Å². The molecule has 9 heteroatoms. The maximum atomic E-state index is 13.1. The molecule has 1 unspecified atom stereocenters. The van der Waals surface area contributed by atoms with Crippen LogP contribution in [0, 0.1) is 0 Å². The van der Waals surface area contributed by atoms with Crippen molar-refractivity contribution >= 4 is 45.2 Å². The number of carbonyl (C=O) groups excluding carboxylic acids is 4. The highest BCUT2D eigenvalue weighted by atomic mass is 79.9. The summed E-state index contributed by atoms with van der Waals surface area (Å²) in [6.45, 7) is 1.96. The second-order valence-electron chi connectivity index (χ2n) is 7.68. The third-order valence-electron chi connectivity index (χ3n) is 5.73. The summed E-state index contributed by atoms with van der Waals surface area (Å²) in [5.41, 5.74) is 5.40. The molecule has 0 radical (unpaired) electrons. The number of benzene rings is 2. The van der Waals surface area contributed by atoms with Crippen LogP contribution in [0.3, 0.4) is 0 Å². The predicted molar refractivity (Wildman–Crippen MR) is 117 cm³/mol. The van der Waals surface area contributed by atoms with Crippen molar-refractivity contribution in [1.29, 1.82) is 0 Å². The van der Waals surface area contributed by atoms with Crippen molar-refractivity contribution in [1.82, 2.24) is 15.8 Å². The number of fused-ring (bicyclic) bond motifs is 3. The Bertz CT molecular complexity index is 1070. The molecule has 0 saturated carbocycles. The van der Waals surface area contributed by atoms with E-state index in [0.29, 0.717) is 29.7 Å². The van der Waals surface area contributed by atoms with Crippen molar-refractivity contribution in [3.05, 3.63) is 64.1 Å². The normalized spacial score (nSPS) is 19.7. The molecule has 0 bridgehead atoms. The maximum Gasteiger partial charge on any atom is 0.269 e. The van der Waals surface area contributed by atoms with Crippen LogP contribution in [-0.2, 0) is 9.59 Å². The molecule has 1 atom stereocenters. The molecule has 2 heterocycles. The van der Waals surface area contributed by atoms with Gasteiger partial charge in [-0.25, -0.2) is 0 Å². The van der Waals surface area contributed by atoms with Crippen molar-refractivity contribution < 1.29 is 19.2 Å². The van der Waals surface area contributed by atoms with Crippen LogP contribution in [-0.4, -0.2) is 40.7 Å². The molecular weight excluding hydrogens is 464 g/mol. The summed E-state index contributed by atoms with van der Waals surface area (Å²) in [7, 11) is 0. The van der Waals surface area contributed by atoms with Gasteiger partial charge in [0.2, 0.25) is 11.8 Å². The fourth-order valence-corrected chi connectivity index (χ4v) is 4.38. The number of hydrogen-bond donors (Lipinski definition) is 2. The molecule has 2 aliphatic rings. The summed E-state index contributed by atoms with van der Waals surface area (Å²) in [6, 6.07) is 13.7. The van der Waals surface area contributed by atoms with E-state index >= 15 is 0 Å². The van der Waals surface area contributed by atoms with Crippen molar-refractivity contribution in [2.24, 2.45) is 0 Å². The van der Waals surface area contributed by atoms with E-state index in [-0.39, 0.29) is 24.8 Å². The van der Waals surface area contributed by atoms with Gasteiger partial charge in [-0.15, -0.1) is 0 Å². The molecule has 0 aliphatic carbocycles. The van der Waals surface area contributed by atoms with Crippen molar-refractivity contribution in [2.45, 2.75) is 31.8 Å². The molecule has 0 aromatic heterocycles. The Morgan fingerprint density at radius 2 is 1.77 bits per heavy atom. The monoisotopic (exact) mass is 484 g/mol. The topological polar surface area (TPSA) is 98.8 Å². The van der Waals surface area contributed by atoms with Gasteiger partial charge in [0, 0.05) is 29.4 Å². The van der Waals surface area contributed by atoms with Crippen LogP contribution in [0.25, 0.3) is 0 Å². The summed E-state index contributed by atoms with van der Waals surface area (Å²) in [6.07, 6.45) is 0.810. The third-order valence-corrected chi connectivity index (χ3v) is 6.26. The summed E-state index contributed by atoms with van der Waals surface area (Å²) in [5, 5.41) is 0. The van der Waals surface area contributed by atoms with Crippen LogP contribution in [0.4, 0.5) is 5.69 Å². The van der Waals surface area contributed by atoms with Gasteiger partial charge < -0.3 is 4.90 Å². The SMILES string of the molecule is CC12CCC(=O)N1c1ccccc1C(=O)N2CCC(=O)NNC(=O)c1ccc(Br)cc1. The molecular formula is C22H21BrN4O4. The second kappa shape index (κ2) is 8.14. The molecule has 1 fully saturated rings. The first-order valence-corrected chi connectivity index (χ1v) is 10.7. The molecule has 4 amide bonds. The number of anilines is 1. The van der Waals surface area contributed by atoms with Gasteiger partial charge in [0.05, 0.1) is 11.3 Å². The van der Waals surface area contributed by atoms with Gasteiger partial charge >= 0.3 is 0 Å². The van der Waals surface area contributed by atoms with E-state index < -0.39 is 17.5 Å². The molecule has 2 aromatic rings. The number of carbonyl (C=O) groups is 4. The fraction of sp³-hybridized carbons (Fsp3) is 0.273. The first-order chi connectivity index (χ1) is 14.8. The Labute approximate surface area is 187 Å². The van der Waals surface area contributed by atoms with Gasteiger partial charge in [0.1, 0.15) is 5.66 Å². The lowest BCUT2D eigenvalue weighted by atomic mass is 9.98. The highest BCUT2D eigenvalue weighted by Crippen LogP contribution is 2.43. The molecule has 8 nitrogen and oxygen atoms in total. The Kier molecular flexibility index (Phi) is 5.53. The Morgan fingerprint density at radius 1 is 1.06 bits per heavy atom. The third kappa shape index (κ3) is 3.81. The number of amides is 4. The minimum Gasteiger partial charge on any atom is -0.315 e. The quantitative estimate of drug-likeness (QED) is 0.651. The van der Waals surface area contributed by atoms with Crippen LogP contribution in [0.15, 0.2) is 53.0 Å². The van der Waals surface area contributed by atoms with E-state index in [9.17, 15) is 19.2 Å². The summed E-state index contributed by atoms with van der Waals surface area (Å²) >= 11 is 3.30. The van der Waals surface area contributed by atoms with Crippen LogP contribution >= 0.6 is 15.9 Å². The van der Waals surface area contributed by atoms with Crippen LogP contribution in [0.2, 0.25) is 0 Å². The second-order valence-corrected chi connectivity index (χ2v) is 8.59. The van der Waals surface area contributed by atoms with Gasteiger partial charge in [-0.1, -0.05) is 28.1 Å². The molecule has 160 valence electrons. The lowest BCUT2D eigenvalue weighted by Crippen LogP contribution is -2.62. The van der Waals surface area contributed by atoms with Gasteiger partial charge in [-0.05, 0) is 49.7 Å². The highest BCUT2D eigenvalue weighted by Gasteiger charge is 2.52. The van der Waals surface area contributed by atoms with Gasteiger partial charge in [0.15, 0.2) is 0 Å². The largest absolute Gasteiger partial charge is 0.315 e. The number of para-hydroxylation sites is 1. The zero-order valence-electron chi connectivity index (χ0n) is 16.9. The molecule has 2 N–H and O–H groups in total. The van der Waals surface area contributed by atoms with E-state index in [0.717, 1.165) is 4.47 Å². The number of rotatable bonds is 4. The smallest absolute Gasteiger partial charge is 0.269 e. The number of nitrogens with one attached hydrogen (secondary N) is 2. The number of halogens is 1. The van der Waals surface area contributed by atoms with Crippen molar-refractivity contribution in [3.63, 3.8) is 0 Å². The Morgan fingerprint density at radius 3 is 2.52 bits per heavy atom. The molecule has 4 rings (SSSR count). The van der Waals surface area contributed by atoms with Gasteiger partial charge in [0.25, 0.3) is 11.8 Å². The molecule has 0 spiro atoms. The molecule has 2 aromatic carbocycles. The summed E-state index contributed by atoms with van der Waals surface area (Å²) < 4.78 is 0.841. The predicted octanol–water partition coefficient (Wildman–Crippen LogP) is 2.60. The molecule has 31 heavy (non-hydrogen) atoms. The zero-order chi connectivity index (χ0) is 22.2. The maximum absolute atomic E-state index is 13.1. The van der Waals surface area contributed by atoms with Crippen LogP contribution in [0.1, 0.15) is 46.9 Å². The standard InChI is InChI=1S/C22H21BrN4O4/c1-22-12-10-19(29)27(22)17-5-3-2-4-16(17)21(31)26(22)13-11-18(28)24-25-20(30)14-6-8-15(23)9-7-14/h2-9H,10-13H2,1H3,(H,24,28)(H,25,30). The first kappa shape index (κ1) is 21.0. The molecule has 2 aliphatic heterocycles. The lowest BCUT2D eigenvalue weighted by Gasteiger charge is -2.48. The summed E-state index contributed by atoms with van der Waals surface area (Å²) in [5.74, 6) is -1.13. The van der Waals surface area contributed by atoms with E-state index in [1.165, 1.54) is 0 Å². The molecule has 1 saturated heterocycles. The van der Waals surface area contributed by atoms with E-state index in [2.05, 4.69) is 26.8 Å².